The van der Waals surface area contributed by atoms with Crippen LogP contribution in [-0.4, -0.2) is 20.4 Å². The average molecular weight is 423 g/mol. The van der Waals surface area contributed by atoms with Crippen LogP contribution in [0.3, 0.4) is 0 Å². The van der Waals surface area contributed by atoms with Crippen molar-refractivity contribution >= 4 is 37.7 Å². The van der Waals surface area contributed by atoms with Gasteiger partial charge in [0.05, 0.1) is 24.7 Å². The Morgan fingerprint density at radius 1 is 1.33 bits per heavy atom. The quantitative estimate of drug-likeness (QED) is 0.531. The topological polar surface area (TPSA) is 90.0 Å². The lowest BCUT2D eigenvalue weighted by Gasteiger charge is -2.11. The highest BCUT2D eigenvalue weighted by molar-refractivity contribution is 7.25. The molecule has 7 nitrogen and oxygen atoms in total. The average Bonchev–Trinajstić information content (AvgIpc) is 3.46. The highest BCUT2D eigenvalue weighted by Gasteiger charge is 2.25. The summed E-state index contributed by atoms with van der Waals surface area (Å²) < 4.78 is 7.13. The van der Waals surface area contributed by atoms with Crippen LogP contribution in [0.25, 0.3) is 20.4 Å². The second kappa shape index (κ2) is 7.36. The maximum absolute atomic E-state index is 13.1. The van der Waals surface area contributed by atoms with E-state index in [4.69, 9.17) is 9.40 Å². The zero-order valence-corrected chi connectivity index (χ0v) is 17.7. The first-order chi connectivity index (χ1) is 14.5. The molecule has 1 N–H and O–H groups in total. The number of thiophene rings is 1. The number of furan rings is 1. The van der Waals surface area contributed by atoms with Gasteiger partial charge in [0.1, 0.15) is 21.8 Å². The summed E-state index contributed by atoms with van der Waals surface area (Å²) in [7, 11) is 0. The fraction of sp³-hybridized carbons (Fsp3) is 0.364. The molecule has 1 aliphatic carbocycles. The van der Waals surface area contributed by atoms with Gasteiger partial charge in [-0.15, -0.1) is 11.3 Å². The van der Waals surface area contributed by atoms with E-state index in [0.29, 0.717) is 21.9 Å². The normalized spacial score (nSPS) is 13.4. The van der Waals surface area contributed by atoms with Crippen LogP contribution < -0.4 is 10.9 Å². The number of hydrogen-bond donors (Lipinski definition) is 1. The first kappa shape index (κ1) is 19.0. The molecule has 5 rings (SSSR count). The number of carbonyl (C=O) groups excluding carboxylic acids is 1. The largest absolute Gasteiger partial charge is 0.467 e. The van der Waals surface area contributed by atoms with E-state index in [1.807, 2.05) is 0 Å². The van der Waals surface area contributed by atoms with Crippen molar-refractivity contribution in [3.05, 3.63) is 57.7 Å². The summed E-state index contributed by atoms with van der Waals surface area (Å²) in [5, 5.41) is 3.79. The van der Waals surface area contributed by atoms with Crippen molar-refractivity contribution in [2.24, 2.45) is 0 Å². The highest BCUT2D eigenvalue weighted by Crippen LogP contribution is 2.39. The standard InChI is InChI=1S/C22H22N4O3S/c1-12(2)18-15-7-3-6-14(15)17-19-20(30-21(17)25-18)22(28)26(11-24-19)10-16(27)23-9-13-5-4-8-29-13/h4-5,8,11-12H,3,6-7,9-10H2,1-2H3,(H,23,27). The smallest absolute Gasteiger partial charge is 0.271 e. The Bertz CT molecular complexity index is 1320. The summed E-state index contributed by atoms with van der Waals surface area (Å²) >= 11 is 1.38. The third-order valence-electron chi connectivity index (χ3n) is 5.60. The van der Waals surface area contributed by atoms with Gasteiger partial charge in [0.25, 0.3) is 5.56 Å². The van der Waals surface area contributed by atoms with Crippen LogP contribution in [0.15, 0.2) is 33.9 Å². The predicted molar refractivity (Wildman–Crippen MR) is 116 cm³/mol. The number of aromatic nitrogens is 3. The van der Waals surface area contributed by atoms with Gasteiger partial charge in [0, 0.05) is 11.1 Å². The van der Waals surface area contributed by atoms with Crippen LogP contribution in [0.5, 0.6) is 0 Å². The Kier molecular flexibility index (Phi) is 4.66. The lowest BCUT2D eigenvalue weighted by Crippen LogP contribution is -2.31. The van der Waals surface area contributed by atoms with Gasteiger partial charge >= 0.3 is 0 Å². The van der Waals surface area contributed by atoms with E-state index >= 15 is 0 Å². The van der Waals surface area contributed by atoms with E-state index in [1.165, 1.54) is 33.4 Å². The monoisotopic (exact) mass is 422 g/mol. The van der Waals surface area contributed by atoms with Gasteiger partial charge in [0.15, 0.2) is 0 Å². The SMILES string of the molecule is CC(C)c1nc2sc3c(=O)n(CC(=O)NCc4ccco4)cnc3c2c2c1CCC2. The van der Waals surface area contributed by atoms with Crippen molar-refractivity contribution < 1.29 is 9.21 Å². The Morgan fingerprint density at radius 2 is 2.17 bits per heavy atom. The Labute approximate surface area is 176 Å². The Balaban J connectivity index is 1.52. The molecule has 4 aromatic heterocycles. The molecule has 0 fully saturated rings. The maximum Gasteiger partial charge on any atom is 0.271 e. The summed E-state index contributed by atoms with van der Waals surface area (Å²) in [6.07, 6.45) is 6.18. The third-order valence-corrected chi connectivity index (χ3v) is 6.66. The summed E-state index contributed by atoms with van der Waals surface area (Å²) in [4.78, 5) is 35.8. The van der Waals surface area contributed by atoms with E-state index < -0.39 is 0 Å². The van der Waals surface area contributed by atoms with Gasteiger partial charge < -0.3 is 9.73 Å². The number of nitrogens with one attached hydrogen (secondary N) is 1. The molecule has 1 amide bonds. The molecule has 154 valence electrons. The van der Waals surface area contributed by atoms with Crippen molar-refractivity contribution in [3.63, 3.8) is 0 Å². The maximum atomic E-state index is 13.1. The van der Waals surface area contributed by atoms with Gasteiger partial charge in [-0.2, -0.15) is 0 Å². The molecule has 0 saturated carbocycles. The van der Waals surface area contributed by atoms with Gasteiger partial charge in [-0.25, -0.2) is 9.97 Å². The molecule has 0 unspecified atom stereocenters. The molecule has 4 aromatic rings. The van der Waals surface area contributed by atoms with Crippen molar-refractivity contribution in [2.75, 3.05) is 0 Å². The van der Waals surface area contributed by atoms with Crippen LogP contribution in [-0.2, 0) is 30.7 Å². The fourth-order valence-electron chi connectivity index (χ4n) is 4.22. The van der Waals surface area contributed by atoms with Crippen molar-refractivity contribution in [2.45, 2.75) is 52.1 Å². The molecule has 1 aliphatic rings. The summed E-state index contributed by atoms with van der Waals surface area (Å²) in [6, 6.07) is 3.55. The first-order valence-electron chi connectivity index (χ1n) is 10.1. The predicted octanol–water partition coefficient (Wildman–Crippen LogP) is 3.53. The minimum Gasteiger partial charge on any atom is -0.467 e. The lowest BCUT2D eigenvalue weighted by molar-refractivity contribution is -0.122. The number of aryl methyl sites for hydroxylation is 1. The number of rotatable bonds is 5. The summed E-state index contributed by atoms with van der Waals surface area (Å²) in [6.45, 7) is 4.52. The number of pyridine rings is 1. The van der Waals surface area contributed by atoms with E-state index in [-0.39, 0.29) is 24.6 Å². The van der Waals surface area contributed by atoms with Gasteiger partial charge in [-0.1, -0.05) is 13.8 Å². The zero-order valence-electron chi connectivity index (χ0n) is 16.9. The van der Waals surface area contributed by atoms with Crippen LogP contribution in [0.4, 0.5) is 0 Å². The minimum atomic E-state index is -0.267. The van der Waals surface area contributed by atoms with Crippen LogP contribution in [0, 0.1) is 0 Å². The Hall–Kier alpha value is -3.00. The van der Waals surface area contributed by atoms with Crippen LogP contribution in [0.1, 0.15) is 48.8 Å². The molecule has 4 heterocycles. The first-order valence-corrected chi connectivity index (χ1v) is 11.0. The number of amides is 1. The molecule has 0 bridgehead atoms. The molecule has 0 atom stereocenters. The molecule has 0 radical (unpaired) electrons. The molecule has 0 saturated heterocycles. The van der Waals surface area contributed by atoms with E-state index in [9.17, 15) is 9.59 Å². The minimum absolute atomic E-state index is 0.0838. The molecule has 8 heteroatoms. The number of carbonyl (C=O) groups is 1. The van der Waals surface area contributed by atoms with Gasteiger partial charge in [0.2, 0.25) is 5.91 Å². The van der Waals surface area contributed by atoms with Gasteiger partial charge in [-0.05, 0) is 48.4 Å². The molecular formula is C22H22N4O3S. The van der Waals surface area contributed by atoms with E-state index in [2.05, 4.69) is 24.1 Å². The van der Waals surface area contributed by atoms with E-state index in [1.54, 1.807) is 18.4 Å². The number of fused-ring (bicyclic) bond motifs is 5. The third kappa shape index (κ3) is 3.11. The Morgan fingerprint density at radius 3 is 2.93 bits per heavy atom. The van der Waals surface area contributed by atoms with Crippen molar-refractivity contribution in [3.8, 4) is 0 Å². The lowest BCUT2D eigenvalue weighted by atomic mass is 9.99. The van der Waals surface area contributed by atoms with Crippen molar-refractivity contribution in [1.82, 2.24) is 19.9 Å². The van der Waals surface area contributed by atoms with E-state index in [0.717, 1.165) is 35.2 Å². The molecule has 0 aromatic carbocycles. The number of hydrogen-bond acceptors (Lipinski definition) is 6. The molecule has 30 heavy (non-hydrogen) atoms. The second-order valence-corrected chi connectivity index (χ2v) is 8.96. The zero-order chi connectivity index (χ0) is 20.8. The van der Waals surface area contributed by atoms with Gasteiger partial charge in [-0.3, -0.25) is 14.2 Å². The fourth-order valence-corrected chi connectivity index (χ4v) is 5.33. The molecule has 0 aliphatic heterocycles. The summed E-state index contributed by atoms with van der Waals surface area (Å²) in [5.41, 5.74) is 4.29. The molecular weight excluding hydrogens is 400 g/mol. The second-order valence-electron chi connectivity index (χ2n) is 7.96. The van der Waals surface area contributed by atoms with Crippen molar-refractivity contribution in [1.29, 1.82) is 0 Å². The summed E-state index contributed by atoms with van der Waals surface area (Å²) in [5.74, 6) is 0.737. The van der Waals surface area contributed by atoms with Crippen LogP contribution in [0.2, 0.25) is 0 Å². The highest BCUT2D eigenvalue weighted by atomic mass is 32.1. The van der Waals surface area contributed by atoms with Crippen LogP contribution >= 0.6 is 11.3 Å². The number of nitrogens with zero attached hydrogens (tertiary/aromatic N) is 3. The molecule has 0 spiro atoms.